The fraction of sp³-hybridized carbons (Fsp3) is 0.905. The second kappa shape index (κ2) is 10.9. The van der Waals surface area contributed by atoms with Crippen molar-refractivity contribution in [1.82, 2.24) is 10.6 Å². The lowest BCUT2D eigenvalue weighted by atomic mass is 9.82. The third kappa shape index (κ3) is 9.99. The lowest BCUT2D eigenvalue weighted by Crippen LogP contribution is -2.48. The highest BCUT2D eigenvalue weighted by atomic mass is 16.6. The molecule has 0 heterocycles. The van der Waals surface area contributed by atoms with Crippen LogP contribution in [0.2, 0.25) is 0 Å². The molecule has 6 heteroatoms. The molecule has 0 spiro atoms. The molecule has 0 bridgehead atoms. The number of aliphatic hydroxyl groups is 1. The molecular weight excluding hydrogens is 344 g/mol. The number of ether oxygens (including phenoxy) is 1. The molecule has 2 amide bonds. The topological polar surface area (TPSA) is 87.7 Å². The van der Waals surface area contributed by atoms with E-state index in [4.69, 9.17) is 4.74 Å². The number of amides is 2. The fourth-order valence-corrected chi connectivity index (χ4v) is 3.61. The van der Waals surface area contributed by atoms with Gasteiger partial charge >= 0.3 is 6.09 Å². The molecule has 27 heavy (non-hydrogen) atoms. The summed E-state index contributed by atoms with van der Waals surface area (Å²) >= 11 is 0. The van der Waals surface area contributed by atoms with Gasteiger partial charge in [0.05, 0.1) is 12.1 Å². The Morgan fingerprint density at radius 3 is 2.19 bits per heavy atom. The number of hydrogen-bond acceptors (Lipinski definition) is 4. The van der Waals surface area contributed by atoms with Crippen molar-refractivity contribution < 1.29 is 19.4 Å². The van der Waals surface area contributed by atoms with E-state index < -0.39 is 23.8 Å². The molecule has 3 N–H and O–H groups in total. The molecule has 1 aliphatic carbocycles. The third-order valence-corrected chi connectivity index (χ3v) is 4.95. The molecule has 0 unspecified atom stereocenters. The van der Waals surface area contributed by atoms with Crippen LogP contribution >= 0.6 is 0 Å². The zero-order valence-electron chi connectivity index (χ0n) is 18.0. The maximum Gasteiger partial charge on any atom is 0.407 e. The second-order valence-corrected chi connectivity index (χ2v) is 9.36. The van der Waals surface area contributed by atoms with E-state index in [0.717, 1.165) is 19.3 Å². The van der Waals surface area contributed by atoms with Gasteiger partial charge in [0.1, 0.15) is 5.60 Å². The Balaban J connectivity index is 2.72. The van der Waals surface area contributed by atoms with E-state index in [1.807, 2.05) is 41.5 Å². The minimum absolute atomic E-state index is 0.0648. The van der Waals surface area contributed by atoms with Crippen LogP contribution in [0.3, 0.4) is 0 Å². The summed E-state index contributed by atoms with van der Waals surface area (Å²) in [5.41, 5.74) is -0.588. The molecule has 3 atom stereocenters. The van der Waals surface area contributed by atoms with E-state index in [-0.39, 0.29) is 17.9 Å². The van der Waals surface area contributed by atoms with Crippen molar-refractivity contribution in [3.05, 3.63) is 0 Å². The van der Waals surface area contributed by atoms with Crippen molar-refractivity contribution in [2.75, 3.05) is 0 Å². The quantitative estimate of drug-likeness (QED) is 0.594. The van der Waals surface area contributed by atoms with Crippen molar-refractivity contribution in [2.24, 2.45) is 11.8 Å². The van der Waals surface area contributed by atoms with Gasteiger partial charge in [-0.25, -0.2) is 4.79 Å². The highest BCUT2D eigenvalue weighted by molar-refractivity contribution is 5.78. The number of carbonyl (C=O) groups is 2. The zero-order chi connectivity index (χ0) is 20.6. The van der Waals surface area contributed by atoms with Gasteiger partial charge in [-0.2, -0.15) is 0 Å². The predicted molar refractivity (Wildman–Crippen MR) is 107 cm³/mol. The number of alkyl carbamates (subject to hydrolysis) is 1. The Bertz CT molecular complexity index is 467. The predicted octanol–water partition coefficient (Wildman–Crippen LogP) is 3.76. The molecule has 0 aliphatic heterocycles. The molecule has 0 aromatic carbocycles. The van der Waals surface area contributed by atoms with Crippen LogP contribution in [-0.2, 0) is 9.53 Å². The van der Waals surface area contributed by atoms with Crippen molar-refractivity contribution in [3.8, 4) is 0 Å². The average molecular weight is 385 g/mol. The Kier molecular flexibility index (Phi) is 9.57. The minimum Gasteiger partial charge on any atom is -0.444 e. The summed E-state index contributed by atoms with van der Waals surface area (Å²) in [6.07, 6.45) is 5.65. The Morgan fingerprint density at radius 1 is 1.07 bits per heavy atom. The van der Waals surface area contributed by atoms with Crippen LogP contribution < -0.4 is 10.6 Å². The molecule has 1 aliphatic rings. The molecule has 0 saturated heterocycles. The van der Waals surface area contributed by atoms with Crippen LogP contribution in [0.5, 0.6) is 0 Å². The first-order valence-electron chi connectivity index (χ1n) is 10.5. The number of rotatable bonds is 8. The van der Waals surface area contributed by atoms with E-state index in [2.05, 4.69) is 10.6 Å². The van der Waals surface area contributed by atoms with E-state index >= 15 is 0 Å². The smallest absolute Gasteiger partial charge is 0.407 e. The first-order chi connectivity index (χ1) is 12.5. The fourth-order valence-electron chi connectivity index (χ4n) is 3.61. The lowest BCUT2D eigenvalue weighted by molar-refractivity contribution is -0.126. The summed E-state index contributed by atoms with van der Waals surface area (Å²) in [4.78, 5) is 24.4. The maximum atomic E-state index is 12.3. The standard InChI is InChI=1S/C21H40N2O4/c1-14(2)22-19(25)15(3)12-18(24)17(13-16-10-8-7-9-11-16)23-20(26)27-21(4,5)6/h14-18,24H,7-13H2,1-6H3,(H,22,25)(H,23,26)/t15-,17+,18+/m1/s1. The van der Waals surface area contributed by atoms with E-state index in [1.54, 1.807) is 0 Å². The summed E-state index contributed by atoms with van der Waals surface area (Å²) in [5.74, 6) is 0.0996. The molecule has 0 radical (unpaired) electrons. The number of aliphatic hydroxyl groups excluding tert-OH is 1. The van der Waals surface area contributed by atoms with Crippen LogP contribution in [-0.4, -0.2) is 40.9 Å². The zero-order valence-corrected chi connectivity index (χ0v) is 18.0. The first kappa shape index (κ1) is 23.7. The molecule has 0 aromatic heterocycles. The molecule has 158 valence electrons. The Labute approximate surface area is 164 Å². The van der Waals surface area contributed by atoms with Gasteiger partial charge in [0.2, 0.25) is 5.91 Å². The van der Waals surface area contributed by atoms with Crippen LogP contribution in [0.1, 0.15) is 86.5 Å². The van der Waals surface area contributed by atoms with Gasteiger partial charge in [-0.05, 0) is 53.4 Å². The summed E-state index contributed by atoms with van der Waals surface area (Å²) in [6, 6.07) is -0.340. The number of carbonyl (C=O) groups excluding carboxylic acids is 2. The summed E-state index contributed by atoms with van der Waals surface area (Å²) in [5, 5.41) is 16.5. The van der Waals surface area contributed by atoms with E-state index in [0.29, 0.717) is 12.3 Å². The van der Waals surface area contributed by atoms with Gasteiger partial charge in [0.15, 0.2) is 0 Å². The van der Waals surface area contributed by atoms with Crippen molar-refractivity contribution >= 4 is 12.0 Å². The summed E-state index contributed by atoms with van der Waals surface area (Å²) in [6.45, 7) is 11.1. The Hall–Kier alpha value is -1.30. The molecule has 0 aromatic rings. The van der Waals surface area contributed by atoms with Crippen LogP contribution in [0.15, 0.2) is 0 Å². The van der Waals surface area contributed by atoms with Gasteiger partial charge in [0.25, 0.3) is 0 Å². The minimum atomic E-state index is -0.785. The molecule has 6 nitrogen and oxygen atoms in total. The molecular formula is C21H40N2O4. The summed E-state index contributed by atoms with van der Waals surface area (Å²) < 4.78 is 5.37. The largest absolute Gasteiger partial charge is 0.444 e. The van der Waals surface area contributed by atoms with Gasteiger partial charge in [0, 0.05) is 12.0 Å². The SMILES string of the molecule is CC(C)NC(=O)[C@H](C)C[C@H](O)[C@H](CC1CCCCC1)NC(=O)OC(C)(C)C. The van der Waals surface area contributed by atoms with E-state index in [1.165, 1.54) is 19.3 Å². The van der Waals surface area contributed by atoms with Gasteiger partial charge in [-0.1, -0.05) is 39.0 Å². The monoisotopic (exact) mass is 384 g/mol. The van der Waals surface area contributed by atoms with Gasteiger partial charge in [-0.3, -0.25) is 4.79 Å². The third-order valence-electron chi connectivity index (χ3n) is 4.95. The van der Waals surface area contributed by atoms with E-state index in [9.17, 15) is 14.7 Å². The number of hydrogen-bond donors (Lipinski definition) is 3. The van der Waals surface area contributed by atoms with Crippen LogP contribution in [0, 0.1) is 11.8 Å². The van der Waals surface area contributed by atoms with Crippen molar-refractivity contribution in [2.45, 2.75) is 110 Å². The normalized spacial score (nSPS) is 19.3. The van der Waals surface area contributed by atoms with Crippen molar-refractivity contribution in [1.29, 1.82) is 0 Å². The highest BCUT2D eigenvalue weighted by Crippen LogP contribution is 2.29. The van der Waals surface area contributed by atoms with Crippen molar-refractivity contribution in [3.63, 3.8) is 0 Å². The Morgan fingerprint density at radius 2 is 1.67 bits per heavy atom. The summed E-state index contributed by atoms with van der Waals surface area (Å²) in [7, 11) is 0. The van der Waals surface area contributed by atoms with Gasteiger partial charge < -0.3 is 20.5 Å². The van der Waals surface area contributed by atoms with Gasteiger partial charge in [-0.15, -0.1) is 0 Å². The molecule has 1 saturated carbocycles. The molecule has 1 fully saturated rings. The number of nitrogens with one attached hydrogen (secondary N) is 2. The average Bonchev–Trinajstić information content (AvgIpc) is 2.52. The maximum absolute atomic E-state index is 12.3. The second-order valence-electron chi connectivity index (χ2n) is 9.36. The highest BCUT2D eigenvalue weighted by Gasteiger charge is 2.30. The van der Waals surface area contributed by atoms with Crippen LogP contribution in [0.4, 0.5) is 4.79 Å². The molecule has 1 rings (SSSR count). The first-order valence-corrected chi connectivity index (χ1v) is 10.5. The lowest BCUT2D eigenvalue weighted by Gasteiger charge is -2.32. The van der Waals surface area contributed by atoms with Crippen LogP contribution in [0.25, 0.3) is 0 Å².